The highest BCUT2D eigenvalue weighted by molar-refractivity contribution is 5.78. The van der Waals surface area contributed by atoms with E-state index >= 15 is 0 Å². The first kappa shape index (κ1) is 13.9. The number of amides is 1. The van der Waals surface area contributed by atoms with Gasteiger partial charge in [0.25, 0.3) is 0 Å². The number of rotatable bonds is 7. The van der Waals surface area contributed by atoms with Gasteiger partial charge in [0.05, 0.1) is 6.42 Å². The van der Waals surface area contributed by atoms with Gasteiger partial charge in [0.1, 0.15) is 0 Å². The fourth-order valence-corrected chi connectivity index (χ4v) is 4.13. The molecule has 3 aliphatic carbocycles. The third kappa shape index (κ3) is 2.99. The van der Waals surface area contributed by atoms with Crippen LogP contribution in [0.4, 0.5) is 0 Å². The number of carbonyl (C=O) groups excluding carboxylic acids is 1. The number of aliphatic carboxylic acids is 1. The second-order valence-corrected chi connectivity index (χ2v) is 7.37. The van der Waals surface area contributed by atoms with Crippen LogP contribution in [0.1, 0.15) is 64.2 Å². The summed E-state index contributed by atoms with van der Waals surface area (Å²) in [5.41, 5.74) is 0.150. The molecule has 0 aromatic heterocycles. The Hall–Kier alpha value is -1.06. The van der Waals surface area contributed by atoms with Crippen LogP contribution in [0.5, 0.6) is 0 Å². The SMILES string of the molecule is O=C(O)CC1(CC(=O)NCC2(C3CC3)CC2)CCCC1. The third-order valence-corrected chi connectivity index (χ3v) is 5.70. The molecule has 2 N–H and O–H groups in total. The van der Waals surface area contributed by atoms with Gasteiger partial charge in [0, 0.05) is 13.0 Å². The summed E-state index contributed by atoms with van der Waals surface area (Å²) < 4.78 is 0. The highest BCUT2D eigenvalue weighted by atomic mass is 16.4. The van der Waals surface area contributed by atoms with Crippen molar-refractivity contribution in [1.29, 1.82) is 0 Å². The lowest BCUT2D eigenvalue weighted by atomic mass is 9.79. The largest absolute Gasteiger partial charge is 0.481 e. The van der Waals surface area contributed by atoms with Gasteiger partial charge in [-0.25, -0.2) is 0 Å². The number of nitrogens with one attached hydrogen (secondary N) is 1. The first-order valence-electron chi connectivity index (χ1n) is 8.02. The van der Waals surface area contributed by atoms with Crippen LogP contribution >= 0.6 is 0 Å². The normalized spacial score (nSPS) is 26.2. The van der Waals surface area contributed by atoms with Crippen molar-refractivity contribution in [2.24, 2.45) is 16.7 Å². The zero-order valence-corrected chi connectivity index (χ0v) is 12.1. The van der Waals surface area contributed by atoms with E-state index in [0.717, 1.165) is 38.1 Å². The topological polar surface area (TPSA) is 66.4 Å². The van der Waals surface area contributed by atoms with Crippen molar-refractivity contribution in [3.05, 3.63) is 0 Å². The number of carbonyl (C=O) groups is 2. The average molecular weight is 279 g/mol. The molecular weight excluding hydrogens is 254 g/mol. The summed E-state index contributed by atoms with van der Waals surface area (Å²) in [6, 6.07) is 0. The molecule has 0 atom stereocenters. The number of carboxylic acids is 1. The van der Waals surface area contributed by atoms with Crippen LogP contribution in [-0.4, -0.2) is 23.5 Å². The van der Waals surface area contributed by atoms with Gasteiger partial charge in [-0.3, -0.25) is 9.59 Å². The summed E-state index contributed by atoms with van der Waals surface area (Å²) in [6.45, 7) is 0.819. The van der Waals surface area contributed by atoms with Gasteiger partial charge in [-0.2, -0.15) is 0 Å². The van der Waals surface area contributed by atoms with Crippen molar-refractivity contribution >= 4 is 11.9 Å². The first-order chi connectivity index (χ1) is 9.54. The lowest BCUT2D eigenvalue weighted by molar-refractivity contribution is -0.140. The molecule has 4 heteroatoms. The van der Waals surface area contributed by atoms with E-state index in [1.165, 1.54) is 25.7 Å². The summed E-state index contributed by atoms with van der Waals surface area (Å²) in [4.78, 5) is 23.2. The van der Waals surface area contributed by atoms with Crippen LogP contribution in [-0.2, 0) is 9.59 Å². The standard InChI is InChI=1S/C16H25NO3/c18-13(17-11-16(7-8-16)12-3-4-12)9-15(10-14(19)20)5-1-2-6-15/h12H,1-11H2,(H,17,18)(H,19,20). The Balaban J connectivity index is 1.50. The predicted molar refractivity (Wildman–Crippen MR) is 75.2 cm³/mol. The van der Waals surface area contributed by atoms with Crippen LogP contribution in [0.15, 0.2) is 0 Å². The van der Waals surface area contributed by atoms with E-state index in [1.807, 2.05) is 0 Å². The maximum Gasteiger partial charge on any atom is 0.303 e. The molecular formula is C16H25NO3. The summed E-state index contributed by atoms with van der Waals surface area (Å²) in [5, 5.41) is 12.2. The van der Waals surface area contributed by atoms with E-state index in [2.05, 4.69) is 5.32 Å². The molecule has 0 heterocycles. The smallest absolute Gasteiger partial charge is 0.303 e. The van der Waals surface area contributed by atoms with E-state index in [1.54, 1.807) is 0 Å². The van der Waals surface area contributed by atoms with Crippen molar-refractivity contribution in [2.75, 3.05) is 6.54 Å². The van der Waals surface area contributed by atoms with Gasteiger partial charge < -0.3 is 10.4 Å². The molecule has 0 unspecified atom stereocenters. The maximum absolute atomic E-state index is 12.2. The first-order valence-corrected chi connectivity index (χ1v) is 8.02. The van der Waals surface area contributed by atoms with E-state index in [-0.39, 0.29) is 17.7 Å². The summed E-state index contributed by atoms with van der Waals surface area (Å²) in [7, 11) is 0. The van der Waals surface area contributed by atoms with Gasteiger partial charge in [-0.1, -0.05) is 12.8 Å². The van der Waals surface area contributed by atoms with Crippen molar-refractivity contribution in [3.63, 3.8) is 0 Å². The fraction of sp³-hybridized carbons (Fsp3) is 0.875. The number of hydrogen-bond donors (Lipinski definition) is 2. The summed E-state index contributed by atoms with van der Waals surface area (Å²) in [6.07, 6.45) is 9.64. The van der Waals surface area contributed by atoms with Crippen molar-refractivity contribution < 1.29 is 14.7 Å². The summed E-state index contributed by atoms with van der Waals surface area (Å²) in [5.74, 6) is 0.152. The Bertz CT molecular complexity index is 404. The lowest BCUT2D eigenvalue weighted by Gasteiger charge is -2.27. The van der Waals surface area contributed by atoms with E-state index in [9.17, 15) is 9.59 Å². The molecule has 20 heavy (non-hydrogen) atoms. The zero-order valence-electron chi connectivity index (χ0n) is 12.1. The number of hydrogen-bond acceptors (Lipinski definition) is 2. The van der Waals surface area contributed by atoms with Gasteiger partial charge in [-0.05, 0) is 55.3 Å². The van der Waals surface area contributed by atoms with E-state index in [0.29, 0.717) is 11.8 Å². The number of carboxylic acid groups (broad SMARTS) is 1. The molecule has 0 aliphatic heterocycles. The highest BCUT2D eigenvalue weighted by Crippen LogP contribution is 2.60. The molecule has 3 fully saturated rings. The van der Waals surface area contributed by atoms with E-state index < -0.39 is 5.97 Å². The molecule has 3 rings (SSSR count). The molecule has 0 aromatic rings. The van der Waals surface area contributed by atoms with Crippen molar-refractivity contribution in [2.45, 2.75) is 64.2 Å². The van der Waals surface area contributed by atoms with Crippen molar-refractivity contribution in [3.8, 4) is 0 Å². The molecule has 0 spiro atoms. The lowest BCUT2D eigenvalue weighted by Crippen LogP contribution is -2.35. The minimum absolute atomic E-state index is 0.0695. The summed E-state index contributed by atoms with van der Waals surface area (Å²) >= 11 is 0. The van der Waals surface area contributed by atoms with Crippen LogP contribution in [0, 0.1) is 16.7 Å². The van der Waals surface area contributed by atoms with Gasteiger partial charge >= 0.3 is 5.97 Å². The second kappa shape index (κ2) is 5.05. The Morgan fingerprint density at radius 1 is 1.05 bits per heavy atom. The molecule has 3 saturated carbocycles. The van der Waals surface area contributed by atoms with Gasteiger partial charge in [-0.15, -0.1) is 0 Å². The average Bonchev–Trinajstić information content (AvgIpc) is 3.26. The fourth-order valence-electron chi connectivity index (χ4n) is 4.13. The molecule has 1 amide bonds. The zero-order chi connectivity index (χ0) is 14.2. The maximum atomic E-state index is 12.2. The molecule has 112 valence electrons. The van der Waals surface area contributed by atoms with Gasteiger partial charge in [0.15, 0.2) is 0 Å². The van der Waals surface area contributed by atoms with Crippen LogP contribution < -0.4 is 5.32 Å². The van der Waals surface area contributed by atoms with E-state index in [4.69, 9.17) is 5.11 Å². The monoisotopic (exact) mass is 279 g/mol. The molecule has 3 aliphatic rings. The van der Waals surface area contributed by atoms with Crippen LogP contribution in [0.3, 0.4) is 0 Å². The molecule has 0 saturated heterocycles. The minimum atomic E-state index is -0.767. The highest BCUT2D eigenvalue weighted by Gasteiger charge is 2.53. The Morgan fingerprint density at radius 3 is 2.20 bits per heavy atom. The second-order valence-electron chi connectivity index (χ2n) is 7.37. The molecule has 0 aromatic carbocycles. The van der Waals surface area contributed by atoms with Crippen LogP contribution in [0.2, 0.25) is 0 Å². The molecule has 0 bridgehead atoms. The Kier molecular flexibility index (Phi) is 3.51. The predicted octanol–water partition coefficient (Wildman–Crippen LogP) is 2.72. The van der Waals surface area contributed by atoms with Crippen molar-refractivity contribution in [1.82, 2.24) is 5.32 Å². The van der Waals surface area contributed by atoms with Gasteiger partial charge in [0.2, 0.25) is 5.91 Å². The Labute approximate surface area is 120 Å². The third-order valence-electron chi connectivity index (χ3n) is 5.70. The molecule has 4 nitrogen and oxygen atoms in total. The van der Waals surface area contributed by atoms with Crippen LogP contribution in [0.25, 0.3) is 0 Å². The minimum Gasteiger partial charge on any atom is -0.481 e. The molecule has 0 radical (unpaired) electrons. The quantitative estimate of drug-likeness (QED) is 0.753. The Morgan fingerprint density at radius 2 is 1.70 bits per heavy atom.